The van der Waals surface area contributed by atoms with Gasteiger partial charge in [0.2, 0.25) is 5.91 Å². The van der Waals surface area contributed by atoms with Crippen molar-refractivity contribution in [3.8, 4) is 0 Å². The van der Waals surface area contributed by atoms with Gasteiger partial charge in [0.25, 0.3) is 5.56 Å². The number of nitrogens with zero attached hydrogens (tertiary/aromatic N) is 2. The number of nitrogen functional groups attached to an aromatic ring is 1. The molecule has 1 aromatic heterocycles. The summed E-state index contributed by atoms with van der Waals surface area (Å²) in [6, 6.07) is 14.7. The van der Waals surface area contributed by atoms with Crippen molar-refractivity contribution in [2.24, 2.45) is 0 Å². The second-order valence-electron chi connectivity index (χ2n) is 6.64. The fourth-order valence-electron chi connectivity index (χ4n) is 3.10. The van der Waals surface area contributed by atoms with Gasteiger partial charge >= 0.3 is 5.69 Å². The van der Waals surface area contributed by atoms with Crippen LogP contribution in [0.15, 0.2) is 64.2 Å². The van der Waals surface area contributed by atoms with Gasteiger partial charge in [-0.15, -0.1) is 0 Å². The van der Waals surface area contributed by atoms with Gasteiger partial charge in [0.05, 0.1) is 13.1 Å². The van der Waals surface area contributed by atoms with E-state index < -0.39 is 23.0 Å². The van der Waals surface area contributed by atoms with Crippen LogP contribution in [0.1, 0.15) is 12.5 Å². The third kappa shape index (κ3) is 4.75. The zero-order chi connectivity index (χ0) is 21.7. The Hall–Kier alpha value is -3.88. The average Bonchev–Trinajstić information content (AvgIpc) is 2.71. The average molecular weight is 411 g/mol. The van der Waals surface area contributed by atoms with Crippen LogP contribution in [-0.2, 0) is 11.3 Å². The Morgan fingerprint density at radius 3 is 2.57 bits per heavy atom. The van der Waals surface area contributed by atoms with Crippen molar-refractivity contribution in [3.63, 3.8) is 0 Å². The molecule has 3 aromatic rings. The molecule has 2 aromatic carbocycles. The molecule has 0 radical (unpaired) electrons. The first-order chi connectivity index (χ1) is 14.4. The number of carbonyl (C=O) groups is 1. The second-order valence-corrected chi connectivity index (χ2v) is 6.64. The number of hydrogen-bond donors (Lipinski definition) is 3. The summed E-state index contributed by atoms with van der Waals surface area (Å²) in [7, 11) is 0. The fourth-order valence-corrected chi connectivity index (χ4v) is 3.10. The lowest BCUT2D eigenvalue weighted by Crippen LogP contribution is -2.41. The number of rotatable bonds is 7. The van der Waals surface area contributed by atoms with Crippen LogP contribution in [-0.4, -0.2) is 28.5 Å². The van der Waals surface area contributed by atoms with E-state index in [-0.39, 0.29) is 31.1 Å². The van der Waals surface area contributed by atoms with E-state index in [9.17, 15) is 18.8 Å². The summed E-state index contributed by atoms with van der Waals surface area (Å²) in [5.41, 5.74) is 6.02. The molecule has 0 saturated heterocycles. The molecule has 9 heteroatoms. The van der Waals surface area contributed by atoms with Crippen LogP contribution >= 0.6 is 0 Å². The molecule has 0 spiro atoms. The van der Waals surface area contributed by atoms with Crippen molar-refractivity contribution in [2.45, 2.75) is 13.5 Å². The minimum atomic E-state index is -0.679. The van der Waals surface area contributed by atoms with Crippen molar-refractivity contribution in [1.82, 2.24) is 9.55 Å². The molecule has 3 rings (SSSR count). The molecule has 0 unspecified atom stereocenters. The molecule has 0 fully saturated rings. The van der Waals surface area contributed by atoms with E-state index in [1.165, 1.54) is 27.7 Å². The maximum Gasteiger partial charge on any atom is 0.330 e. The molecule has 0 atom stereocenters. The smallest absolute Gasteiger partial charge is 0.330 e. The van der Waals surface area contributed by atoms with Crippen molar-refractivity contribution >= 4 is 23.1 Å². The SMILES string of the molecule is CCN(CC(=O)Nc1cccc(F)c1)c1c(N)n(Cc2ccccc2)c(=O)[nH]c1=O. The van der Waals surface area contributed by atoms with Crippen molar-refractivity contribution < 1.29 is 9.18 Å². The van der Waals surface area contributed by atoms with Crippen LogP contribution in [0.4, 0.5) is 21.6 Å². The number of halogens is 1. The van der Waals surface area contributed by atoms with Crippen LogP contribution in [0.25, 0.3) is 0 Å². The first-order valence-electron chi connectivity index (χ1n) is 9.36. The van der Waals surface area contributed by atoms with Crippen LogP contribution in [0.2, 0.25) is 0 Å². The Balaban J connectivity index is 1.88. The number of hydrogen-bond acceptors (Lipinski definition) is 5. The second kappa shape index (κ2) is 9.08. The van der Waals surface area contributed by atoms with E-state index in [1.54, 1.807) is 13.0 Å². The highest BCUT2D eigenvalue weighted by molar-refractivity contribution is 5.94. The lowest BCUT2D eigenvalue weighted by atomic mass is 10.2. The van der Waals surface area contributed by atoms with Gasteiger partial charge in [-0.05, 0) is 30.7 Å². The first-order valence-corrected chi connectivity index (χ1v) is 9.36. The summed E-state index contributed by atoms with van der Waals surface area (Å²) in [5, 5.41) is 2.58. The summed E-state index contributed by atoms with van der Waals surface area (Å²) in [6.45, 7) is 2.00. The molecule has 8 nitrogen and oxygen atoms in total. The van der Waals surface area contributed by atoms with Gasteiger partial charge in [-0.1, -0.05) is 36.4 Å². The third-order valence-corrected chi connectivity index (χ3v) is 4.54. The summed E-state index contributed by atoms with van der Waals surface area (Å²) in [5.74, 6) is -0.969. The minimum Gasteiger partial charge on any atom is -0.383 e. The van der Waals surface area contributed by atoms with Crippen LogP contribution in [0, 0.1) is 5.82 Å². The Bertz CT molecular complexity index is 1160. The van der Waals surface area contributed by atoms with E-state index in [0.29, 0.717) is 5.69 Å². The zero-order valence-electron chi connectivity index (χ0n) is 16.4. The van der Waals surface area contributed by atoms with Crippen molar-refractivity contribution in [1.29, 1.82) is 0 Å². The highest BCUT2D eigenvalue weighted by Crippen LogP contribution is 2.18. The topological polar surface area (TPSA) is 113 Å². The predicted molar refractivity (Wildman–Crippen MR) is 114 cm³/mol. The highest BCUT2D eigenvalue weighted by atomic mass is 19.1. The summed E-state index contributed by atoms with van der Waals surface area (Å²) in [4.78, 5) is 41.0. The zero-order valence-corrected chi connectivity index (χ0v) is 16.4. The van der Waals surface area contributed by atoms with Gasteiger partial charge in [0.1, 0.15) is 17.3 Å². The molecule has 4 N–H and O–H groups in total. The standard InChI is InChI=1S/C21H22FN5O3/c1-2-26(13-17(28)24-16-10-6-9-15(22)11-16)18-19(23)27(21(30)25-20(18)29)12-14-7-4-3-5-8-14/h3-11H,2,12-13,23H2,1H3,(H,24,28)(H,25,29,30). The highest BCUT2D eigenvalue weighted by Gasteiger charge is 2.20. The van der Waals surface area contributed by atoms with Crippen LogP contribution < -0.4 is 27.2 Å². The van der Waals surface area contributed by atoms with E-state index in [1.807, 2.05) is 30.3 Å². The molecule has 0 aliphatic heterocycles. The number of aromatic nitrogens is 2. The van der Waals surface area contributed by atoms with E-state index in [4.69, 9.17) is 5.73 Å². The van der Waals surface area contributed by atoms with Crippen molar-refractivity contribution in [3.05, 3.63) is 86.8 Å². The Morgan fingerprint density at radius 2 is 1.90 bits per heavy atom. The molecule has 0 saturated carbocycles. The van der Waals surface area contributed by atoms with E-state index in [2.05, 4.69) is 10.3 Å². The van der Waals surface area contributed by atoms with E-state index >= 15 is 0 Å². The monoisotopic (exact) mass is 411 g/mol. The lowest BCUT2D eigenvalue weighted by Gasteiger charge is -2.24. The molecular formula is C21H22FN5O3. The van der Waals surface area contributed by atoms with Gasteiger partial charge < -0.3 is 16.0 Å². The van der Waals surface area contributed by atoms with Gasteiger partial charge in [-0.3, -0.25) is 19.1 Å². The van der Waals surface area contributed by atoms with Gasteiger partial charge in [0, 0.05) is 12.2 Å². The number of nitrogens with two attached hydrogens (primary N) is 1. The summed E-state index contributed by atoms with van der Waals surface area (Å²) in [6.07, 6.45) is 0. The Labute approximate surface area is 171 Å². The van der Waals surface area contributed by atoms with Crippen LogP contribution in [0.3, 0.4) is 0 Å². The number of nitrogens with one attached hydrogen (secondary N) is 2. The molecule has 1 heterocycles. The summed E-state index contributed by atoms with van der Waals surface area (Å²) < 4.78 is 14.6. The fraction of sp³-hybridized carbons (Fsp3) is 0.190. The number of benzene rings is 2. The molecule has 0 bridgehead atoms. The minimum absolute atomic E-state index is 0.0300. The van der Waals surface area contributed by atoms with Gasteiger partial charge in [-0.25, -0.2) is 9.18 Å². The molecule has 30 heavy (non-hydrogen) atoms. The lowest BCUT2D eigenvalue weighted by molar-refractivity contribution is -0.115. The molecular weight excluding hydrogens is 389 g/mol. The van der Waals surface area contributed by atoms with Crippen molar-refractivity contribution in [2.75, 3.05) is 29.0 Å². The number of aromatic amines is 1. The maximum absolute atomic E-state index is 13.3. The predicted octanol–water partition coefficient (Wildman–Crippen LogP) is 1.77. The molecule has 1 amide bonds. The van der Waals surface area contributed by atoms with Gasteiger partial charge in [-0.2, -0.15) is 0 Å². The number of carbonyl (C=O) groups excluding carboxylic acids is 1. The number of H-pyrrole nitrogens is 1. The number of amides is 1. The number of anilines is 3. The summed E-state index contributed by atoms with van der Waals surface area (Å²) >= 11 is 0. The van der Waals surface area contributed by atoms with Gasteiger partial charge in [0.15, 0.2) is 0 Å². The molecule has 0 aliphatic rings. The van der Waals surface area contributed by atoms with Crippen LogP contribution in [0.5, 0.6) is 0 Å². The normalized spacial score (nSPS) is 10.6. The molecule has 156 valence electrons. The molecule has 0 aliphatic carbocycles. The Kier molecular flexibility index (Phi) is 6.31. The Morgan fingerprint density at radius 1 is 1.17 bits per heavy atom. The van der Waals surface area contributed by atoms with E-state index in [0.717, 1.165) is 5.56 Å². The third-order valence-electron chi connectivity index (χ3n) is 4.54. The maximum atomic E-state index is 13.3. The number of likely N-dealkylation sites (N-methyl/N-ethyl adjacent to an activating group) is 1. The quantitative estimate of drug-likeness (QED) is 0.548. The largest absolute Gasteiger partial charge is 0.383 e. The first kappa shape index (κ1) is 20.8.